The number of rotatable bonds is 1. The van der Waals surface area contributed by atoms with Crippen molar-refractivity contribution in [1.29, 1.82) is 0 Å². The summed E-state index contributed by atoms with van der Waals surface area (Å²) in [5.41, 5.74) is -0.497. The summed E-state index contributed by atoms with van der Waals surface area (Å²) < 4.78 is 32.3. The first-order chi connectivity index (χ1) is 9.66. The Morgan fingerprint density at radius 1 is 1.19 bits per heavy atom. The van der Waals surface area contributed by atoms with Crippen molar-refractivity contribution in [3.8, 4) is 0 Å². The third-order valence-corrected chi connectivity index (χ3v) is 4.05. The normalized spacial score (nSPS) is 24.9. The molecule has 0 radical (unpaired) electrons. The van der Waals surface area contributed by atoms with Gasteiger partial charge in [-0.25, -0.2) is 13.6 Å². The Morgan fingerprint density at radius 3 is 2.33 bits per heavy atom. The third kappa shape index (κ3) is 4.80. The number of ether oxygens (including phenoxy) is 1. The molecule has 21 heavy (non-hydrogen) atoms. The van der Waals surface area contributed by atoms with E-state index in [1.807, 2.05) is 25.7 Å². The van der Waals surface area contributed by atoms with E-state index in [0.29, 0.717) is 19.5 Å². The van der Waals surface area contributed by atoms with Crippen LogP contribution in [0.1, 0.15) is 46.5 Å². The Kier molecular flexibility index (Phi) is 4.76. The van der Waals surface area contributed by atoms with Crippen LogP contribution in [0.3, 0.4) is 0 Å². The summed E-state index contributed by atoms with van der Waals surface area (Å²) in [7, 11) is 0. The molecule has 2 rings (SSSR count). The lowest BCUT2D eigenvalue weighted by atomic mass is 9.99. The fourth-order valence-corrected chi connectivity index (χ4v) is 3.05. The molecule has 2 fully saturated rings. The van der Waals surface area contributed by atoms with Gasteiger partial charge in [0.1, 0.15) is 5.60 Å². The maximum absolute atomic E-state index is 13.5. The van der Waals surface area contributed by atoms with Crippen molar-refractivity contribution in [2.24, 2.45) is 0 Å². The number of carbonyl (C=O) groups excluding carboxylic acids is 1. The van der Waals surface area contributed by atoms with Crippen LogP contribution in [0, 0.1) is 0 Å². The molecule has 0 aromatic heterocycles. The lowest BCUT2D eigenvalue weighted by Gasteiger charge is -2.42. The first-order valence-corrected chi connectivity index (χ1v) is 7.76. The summed E-state index contributed by atoms with van der Waals surface area (Å²) in [5, 5.41) is 0. The predicted octanol–water partition coefficient (Wildman–Crippen LogP) is 3.12. The third-order valence-electron chi connectivity index (χ3n) is 4.05. The highest BCUT2D eigenvalue weighted by Gasteiger charge is 2.39. The van der Waals surface area contributed by atoms with Crippen LogP contribution in [0.25, 0.3) is 0 Å². The zero-order valence-corrected chi connectivity index (χ0v) is 13.2. The molecule has 0 unspecified atom stereocenters. The van der Waals surface area contributed by atoms with Gasteiger partial charge >= 0.3 is 6.09 Å². The molecule has 4 nitrogen and oxygen atoms in total. The largest absolute Gasteiger partial charge is 0.444 e. The molecule has 2 saturated heterocycles. The van der Waals surface area contributed by atoms with Crippen molar-refractivity contribution in [2.75, 3.05) is 26.2 Å². The molecule has 6 heteroatoms. The minimum Gasteiger partial charge on any atom is -0.444 e. The first kappa shape index (κ1) is 16.5. The van der Waals surface area contributed by atoms with Crippen LogP contribution in [0.4, 0.5) is 13.6 Å². The SMILES string of the molecule is CC(C)(C)OC(=O)N1CCC(N2CCCC(F)(F)C2)CC1. The Balaban J connectivity index is 1.82. The second-order valence-electron chi connectivity index (χ2n) is 7.13. The number of likely N-dealkylation sites (tertiary alicyclic amines) is 2. The second-order valence-corrected chi connectivity index (χ2v) is 7.13. The van der Waals surface area contributed by atoms with E-state index in [4.69, 9.17) is 4.74 Å². The van der Waals surface area contributed by atoms with E-state index in [9.17, 15) is 13.6 Å². The van der Waals surface area contributed by atoms with Gasteiger partial charge < -0.3 is 9.64 Å². The van der Waals surface area contributed by atoms with Crippen molar-refractivity contribution >= 4 is 6.09 Å². The van der Waals surface area contributed by atoms with Crippen molar-refractivity contribution in [2.45, 2.75) is 64.0 Å². The van der Waals surface area contributed by atoms with E-state index in [-0.39, 0.29) is 25.1 Å². The lowest BCUT2D eigenvalue weighted by Crippen LogP contribution is -2.52. The zero-order valence-electron chi connectivity index (χ0n) is 13.2. The maximum Gasteiger partial charge on any atom is 0.410 e. The van der Waals surface area contributed by atoms with Crippen molar-refractivity contribution in [3.05, 3.63) is 0 Å². The summed E-state index contributed by atoms with van der Waals surface area (Å²) in [4.78, 5) is 15.6. The van der Waals surface area contributed by atoms with Gasteiger partial charge in [0.25, 0.3) is 5.92 Å². The van der Waals surface area contributed by atoms with Gasteiger partial charge in [-0.3, -0.25) is 4.90 Å². The van der Waals surface area contributed by atoms with Gasteiger partial charge in [-0.05, 0) is 46.6 Å². The Labute approximate surface area is 125 Å². The first-order valence-electron chi connectivity index (χ1n) is 7.76. The van der Waals surface area contributed by atoms with Gasteiger partial charge in [0, 0.05) is 25.6 Å². The highest BCUT2D eigenvalue weighted by atomic mass is 19.3. The topological polar surface area (TPSA) is 32.8 Å². The number of carbonyl (C=O) groups is 1. The smallest absolute Gasteiger partial charge is 0.410 e. The van der Waals surface area contributed by atoms with E-state index < -0.39 is 11.5 Å². The number of hydrogen-bond donors (Lipinski definition) is 0. The molecule has 0 aliphatic carbocycles. The molecule has 0 N–H and O–H groups in total. The quantitative estimate of drug-likeness (QED) is 0.746. The van der Waals surface area contributed by atoms with E-state index >= 15 is 0 Å². The predicted molar refractivity (Wildman–Crippen MR) is 76.6 cm³/mol. The van der Waals surface area contributed by atoms with Crippen LogP contribution in [0.15, 0.2) is 0 Å². The highest BCUT2D eigenvalue weighted by Crippen LogP contribution is 2.30. The summed E-state index contributed by atoms with van der Waals surface area (Å²) in [6.07, 6.45) is 1.74. The molecule has 122 valence electrons. The molecule has 0 aromatic rings. The molecule has 2 aliphatic heterocycles. The molecule has 1 amide bonds. The molecular weight excluding hydrogens is 278 g/mol. The van der Waals surface area contributed by atoms with Crippen LogP contribution < -0.4 is 0 Å². The molecule has 0 spiro atoms. The maximum atomic E-state index is 13.5. The average molecular weight is 304 g/mol. The average Bonchev–Trinajstić information content (AvgIpc) is 2.36. The number of amides is 1. The van der Waals surface area contributed by atoms with E-state index in [2.05, 4.69) is 0 Å². The van der Waals surface area contributed by atoms with E-state index in [1.165, 1.54) is 0 Å². The van der Waals surface area contributed by atoms with Crippen LogP contribution in [0.2, 0.25) is 0 Å². The zero-order chi connectivity index (χ0) is 15.7. The van der Waals surface area contributed by atoms with Gasteiger partial charge in [0.2, 0.25) is 0 Å². The number of alkyl halides is 2. The molecular formula is C15H26F2N2O2. The fraction of sp³-hybridized carbons (Fsp3) is 0.933. The van der Waals surface area contributed by atoms with Gasteiger partial charge in [-0.1, -0.05) is 0 Å². The van der Waals surface area contributed by atoms with E-state index in [0.717, 1.165) is 19.4 Å². The van der Waals surface area contributed by atoms with Gasteiger partial charge in [0.15, 0.2) is 0 Å². The molecule has 0 bridgehead atoms. The Bertz CT molecular complexity index is 374. The minimum absolute atomic E-state index is 0.000252. The number of nitrogens with zero attached hydrogens (tertiary/aromatic N) is 2. The summed E-state index contributed by atoms with van der Waals surface area (Å²) in [6.45, 7) is 7.30. The summed E-state index contributed by atoms with van der Waals surface area (Å²) >= 11 is 0. The fourth-order valence-electron chi connectivity index (χ4n) is 3.05. The summed E-state index contributed by atoms with van der Waals surface area (Å²) in [6, 6.07) is 0.162. The Morgan fingerprint density at radius 2 is 1.81 bits per heavy atom. The summed E-state index contributed by atoms with van der Waals surface area (Å²) in [5.74, 6) is -2.56. The lowest BCUT2D eigenvalue weighted by molar-refractivity contribution is -0.0810. The minimum atomic E-state index is -2.56. The van der Waals surface area contributed by atoms with Crippen LogP contribution in [-0.2, 0) is 4.74 Å². The van der Waals surface area contributed by atoms with Crippen LogP contribution in [-0.4, -0.2) is 59.6 Å². The second kappa shape index (κ2) is 6.07. The number of hydrogen-bond acceptors (Lipinski definition) is 3. The molecule has 2 aliphatic rings. The molecule has 0 aromatic carbocycles. The highest BCUT2D eigenvalue weighted by molar-refractivity contribution is 5.68. The van der Waals surface area contributed by atoms with Crippen LogP contribution >= 0.6 is 0 Å². The van der Waals surface area contributed by atoms with Crippen molar-refractivity contribution in [3.63, 3.8) is 0 Å². The molecule has 2 heterocycles. The monoisotopic (exact) mass is 304 g/mol. The van der Waals surface area contributed by atoms with E-state index in [1.54, 1.807) is 4.90 Å². The van der Waals surface area contributed by atoms with Crippen LogP contribution in [0.5, 0.6) is 0 Å². The standard InChI is InChI=1S/C15H26F2N2O2/c1-14(2,3)21-13(20)18-9-5-12(6-10-18)19-8-4-7-15(16,17)11-19/h12H,4-11H2,1-3H3. The molecule has 0 atom stereocenters. The van der Waals surface area contributed by atoms with Gasteiger partial charge in [-0.2, -0.15) is 0 Å². The number of piperidine rings is 2. The Hall–Kier alpha value is -0.910. The van der Waals surface area contributed by atoms with Crippen molar-refractivity contribution < 1.29 is 18.3 Å². The van der Waals surface area contributed by atoms with Gasteiger partial charge in [-0.15, -0.1) is 0 Å². The van der Waals surface area contributed by atoms with Crippen molar-refractivity contribution in [1.82, 2.24) is 9.80 Å². The van der Waals surface area contributed by atoms with Gasteiger partial charge in [0.05, 0.1) is 6.54 Å². The number of halogens is 2. The molecule has 0 saturated carbocycles.